The number of hydrogen-bond donors (Lipinski definition) is 2. The molecule has 2 aromatic rings. The molecular weight excluding hydrogens is 465 g/mol. The van der Waals surface area contributed by atoms with Crippen molar-refractivity contribution in [2.24, 2.45) is 0 Å². The van der Waals surface area contributed by atoms with Gasteiger partial charge in [0.05, 0.1) is 5.02 Å². The molecule has 2 amide bonds. The van der Waals surface area contributed by atoms with Crippen LogP contribution in [0.4, 0.5) is 13.2 Å². The molecule has 2 N–H and O–H groups in total. The monoisotopic (exact) mass is 482 g/mol. The van der Waals surface area contributed by atoms with E-state index in [1.54, 1.807) is 0 Å². The summed E-state index contributed by atoms with van der Waals surface area (Å²) in [6.45, 7) is -0.420. The molecule has 1 aliphatic heterocycles. The van der Waals surface area contributed by atoms with Crippen molar-refractivity contribution >= 4 is 23.4 Å². The predicted octanol–water partition coefficient (Wildman–Crippen LogP) is 2.88. The highest BCUT2D eigenvalue weighted by Gasteiger charge is 2.69. The van der Waals surface area contributed by atoms with Crippen molar-refractivity contribution in [2.75, 3.05) is 13.2 Å². The molecule has 1 atom stereocenters. The molecule has 3 aliphatic carbocycles. The van der Waals surface area contributed by atoms with E-state index in [-0.39, 0.29) is 41.4 Å². The Morgan fingerprint density at radius 1 is 1.00 bits per heavy atom. The molecule has 1 unspecified atom stereocenters. The number of carbonyl (C=O) groups excluding carboxylic acids is 2. The first kappa shape index (κ1) is 21.7. The van der Waals surface area contributed by atoms with E-state index >= 15 is 0 Å². The summed E-state index contributed by atoms with van der Waals surface area (Å²) in [4.78, 5) is 24.8. The molecule has 1 heterocycles. The normalized spacial score (nSPS) is 26.5. The lowest BCUT2D eigenvalue weighted by atomic mass is 9.44. The molecule has 0 spiro atoms. The summed E-state index contributed by atoms with van der Waals surface area (Å²) in [6.07, 6.45) is 0.612. The average Bonchev–Trinajstić information content (AvgIpc) is 2.72. The Balaban J connectivity index is 1.09. The molecule has 3 saturated carbocycles. The van der Waals surface area contributed by atoms with Crippen LogP contribution in [-0.4, -0.2) is 42.2 Å². The Kier molecular flexibility index (Phi) is 5.08. The predicted molar refractivity (Wildman–Crippen MR) is 109 cm³/mol. The molecule has 11 heteroatoms. The minimum Gasteiger partial charge on any atom is -0.485 e. The SMILES string of the molecule is O=C(COc1ccc(Cl)c(F)c1)NC12CC(NC(=O)C3COc4cc(F)c(F)cc4O3)(C1)C2. The van der Waals surface area contributed by atoms with E-state index in [2.05, 4.69) is 10.6 Å². The molecule has 0 radical (unpaired) electrons. The molecule has 174 valence electrons. The van der Waals surface area contributed by atoms with Crippen LogP contribution in [0, 0.1) is 17.5 Å². The van der Waals surface area contributed by atoms with Crippen LogP contribution in [0.25, 0.3) is 0 Å². The van der Waals surface area contributed by atoms with Crippen LogP contribution < -0.4 is 24.8 Å². The zero-order valence-corrected chi connectivity index (χ0v) is 17.8. The van der Waals surface area contributed by atoms with Crippen molar-refractivity contribution in [1.29, 1.82) is 0 Å². The molecule has 4 aliphatic rings. The zero-order valence-electron chi connectivity index (χ0n) is 17.1. The van der Waals surface area contributed by atoms with Crippen molar-refractivity contribution in [3.8, 4) is 17.2 Å². The average molecular weight is 483 g/mol. The minimum absolute atomic E-state index is 0.0358. The molecule has 33 heavy (non-hydrogen) atoms. The van der Waals surface area contributed by atoms with E-state index in [0.717, 1.165) is 18.2 Å². The lowest BCUT2D eigenvalue weighted by Crippen LogP contribution is -2.84. The van der Waals surface area contributed by atoms with Gasteiger partial charge in [0.15, 0.2) is 29.7 Å². The molecular formula is C22H18ClF3N2O5. The standard InChI is InChI=1S/C22H18ClF3N2O5/c23-12-2-1-11(3-13(12)24)31-7-19(29)27-21-8-22(9-21,10-21)28-20(30)18-6-32-16-4-14(25)15(26)5-17(16)33-18/h1-5,18H,6-10H2,(H,27,29)(H,28,30). The van der Waals surface area contributed by atoms with Crippen molar-refractivity contribution in [3.63, 3.8) is 0 Å². The third-order valence-electron chi connectivity index (χ3n) is 6.02. The molecule has 2 bridgehead atoms. The number of fused-ring (bicyclic) bond motifs is 1. The Morgan fingerprint density at radius 3 is 2.36 bits per heavy atom. The van der Waals surface area contributed by atoms with E-state index in [0.29, 0.717) is 19.3 Å². The van der Waals surface area contributed by atoms with Crippen LogP contribution in [0.2, 0.25) is 5.02 Å². The van der Waals surface area contributed by atoms with Gasteiger partial charge in [0.2, 0.25) is 6.10 Å². The minimum atomic E-state index is -1.10. The van der Waals surface area contributed by atoms with E-state index in [4.69, 9.17) is 25.8 Å². The largest absolute Gasteiger partial charge is 0.485 e. The van der Waals surface area contributed by atoms with Gasteiger partial charge in [-0.15, -0.1) is 0 Å². The van der Waals surface area contributed by atoms with Crippen LogP contribution in [0.1, 0.15) is 19.3 Å². The van der Waals surface area contributed by atoms with Gasteiger partial charge in [-0.05, 0) is 31.4 Å². The summed E-state index contributed by atoms with van der Waals surface area (Å²) in [5, 5.41) is 5.75. The van der Waals surface area contributed by atoms with E-state index < -0.39 is 40.5 Å². The Bertz CT molecular complexity index is 1140. The lowest BCUT2D eigenvalue weighted by molar-refractivity contribution is -0.155. The number of rotatable bonds is 6. The van der Waals surface area contributed by atoms with Gasteiger partial charge in [0, 0.05) is 29.3 Å². The van der Waals surface area contributed by atoms with Gasteiger partial charge in [-0.2, -0.15) is 0 Å². The van der Waals surface area contributed by atoms with Crippen LogP contribution >= 0.6 is 11.6 Å². The van der Waals surface area contributed by atoms with Crippen LogP contribution in [0.5, 0.6) is 17.2 Å². The van der Waals surface area contributed by atoms with Gasteiger partial charge >= 0.3 is 0 Å². The van der Waals surface area contributed by atoms with E-state index in [1.165, 1.54) is 12.1 Å². The fourth-order valence-electron chi connectivity index (χ4n) is 4.64. The van der Waals surface area contributed by atoms with Crippen molar-refractivity contribution < 1.29 is 37.0 Å². The molecule has 2 aromatic carbocycles. The first-order valence-corrected chi connectivity index (χ1v) is 10.5. The number of halogens is 4. The molecule has 3 fully saturated rings. The quantitative estimate of drug-likeness (QED) is 0.661. The molecule has 0 aromatic heterocycles. The number of carbonyl (C=O) groups is 2. The first-order chi connectivity index (χ1) is 15.7. The summed E-state index contributed by atoms with van der Waals surface area (Å²) in [6, 6.07) is 5.62. The van der Waals surface area contributed by atoms with Gasteiger partial charge in [-0.25, -0.2) is 13.2 Å². The Hall–Kier alpha value is -3.14. The van der Waals surface area contributed by atoms with Gasteiger partial charge in [-0.1, -0.05) is 11.6 Å². The van der Waals surface area contributed by atoms with Crippen molar-refractivity contribution in [1.82, 2.24) is 10.6 Å². The van der Waals surface area contributed by atoms with Crippen LogP contribution in [0.3, 0.4) is 0 Å². The summed E-state index contributed by atoms with van der Waals surface area (Å²) >= 11 is 5.61. The van der Waals surface area contributed by atoms with E-state index in [1.807, 2.05) is 0 Å². The number of benzene rings is 2. The summed E-state index contributed by atoms with van der Waals surface area (Å²) in [5.41, 5.74) is -0.877. The molecule has 6 rings (SSSR count). The van der Waals surface area contributed by atoms with Crippen molar-refractivity contribution in [2.45, 2.75) is 36.4 Å². The fourth-order valence-corrected chi connectivity index (χ4v) is 4.76. The lowest BCUT2D eigenvalue weighted by Gasteiger charge is -2.70. The third-order valence-corrected chi connectivity index (χ3v) is 6.33. The second-order valence-electron chi connectivity index (χ2n) is 8.62. The summed E-state index contributed by atoms with van der Waals surface area (Å²) in [7, 11) is 0. The topological polar surface area (TPSA) is 85.9 Å². The maximum Gasteiger partial charge on any atom is 0.265 e. The summed E-state index contributed by atoms with van der Waals surface area (Å²) < 4.78 is 56.2. The summed E-state index contributed by atoms with van der Waals surface area (Å²) in [5.74, 6) is -3.41. The second kappa shape index (κ2) is 7.72. The Morgan fingerprint density at radius 2 is 1.67 bits per heavy atom. The highest BCUT2D eigenvalue weighted by Crippen LogP contribution is 2.60. The fraction of sp³-hybridized carbons (Fsp3) is 0.364. The maximum absolute atomic E-state index is 13.4. The number of amides is 2. The van der Waals surface area contributed by atoms with Gasteiger partial charge in [0.1, 0.15) is 18.2 Å². The number of hydrogen-bond acceptors (Lipinski definition) is 5. The Labute approximate surface area is 191 Å². The number of ether oxygens (including phenoxy) is 3. The molecule has 0 saturated heterocycles. The number of nitrogens with one attached hydrogen (secondary N) is 2. The van der Waals surface area contributed by atoms with Gasteiger partial charge < -0.3 is 24.8 Å². The van der Waals surface area contributed by atoms with Gasteiger partial charge in [-0.3, -0.25) is 9.59 Å². The highest BCUT2D eigenvalue weighted by molar-refractivity contribution is 6.30. The van der Waals surface area contributed by atoms with Crippen LogP contribution in [-0.2, 0) is 9.59 Å². The van der Waals surface area contributed by atoms with Crippen LogP contribution in [0.15, 0.2) is 30.3 Å². The van der Waals surface area contributed by atoms with E-state index in [9.17, 15) is 22.8 Å². The van der Waals surface area contributed by atoms with Crippen molar-refractivity contribution in [3.05, 3.63) is 52.8 Å². The smallest absolute Gasteiger partial charge is 0.265 e. The second-order valence-corrected chi connectivity index (χ2v) is 9.03. The third kappa shape index (κ3) is 4.03. The van der Waals surface area contributed by atoms with Gasteiger partial charge in [0.25, 0.3) is 11.8 Å². The zero-order chi connectivity index (χ0) is 23.4. The maximum atomic E-state index is 13.4. The first-order valence-electron chi connectivity index (χ1n) is 10.2. The highest BCUT2D eigenvalue weighted by atomic mass is 35.5. The molecule has 7 nitrogen and oxygen atoms in total.